The second kappa shape index (κ2) is 8.87. The molecule has 0 saturated heterocycles. The van der Waals surface area contributed by atoms with Gasteiger partial charge in [-0.3, -0.25) is 4.79 Å². The molecule has 0 saturated carbocycles. The Kier molecular flexibility index (Phi) is 6.55. The fourth-order valence-corrected chi connectivity index (χ4v) is 1.98. The van der Waals surface area contributed by atoms with Gasteiger partial charge >= 0.3 is 0 Å². The molecule has 0 bridgehead atoms. The summed E-state index contributed by atoms with van der Waals surface area (Å²) < 4.78 is 18.4. The number of benzene rings is 2. The van der Waals surface area contributed by atoms with Crippen LogP contribution >= 0.6 is 0 Å². The molecule has 1 N–H and O–H groups in total. The summed E-state index contributed by atoms with van der Waals surface area (Å²) in [5.41, 5.74) is 1.46. The van der Waals surface area contributed by atoms with Crippen molar-refractivity contribution in [1.82, 2.24) is 0 Å². The van der Waals surface area contributed by atoms with Crippen molar-refractivity contribution in [2.24, 2.45) is 5.92 Å². The number of carbonyl (C=O) groups is 1. The summed E-state index contributed by atoms with van der Waals surface area (Å²) in [6, 6.07) is 13.2. The Morgan fingerprint density at radius 3 is 2.42 bits per heavy atom. The first-order valence-corrected chi connectivity index (χ1v) is 8.00. The molecule has 4 heteroatoms. The molecule has 0 spiro atoms. The summed E-state index contributed by atoms with van der Waals surface area (Å²) in [5.74, 6) is 0.854. The molecule has 126 valence electrons. The second-order valence-electron chi connectivity index (χ2n) is 5.93. The van der Waals surface area contributed by atoms with Crippen molar-refractivity contribution < 1.29 is 13.9 Å². The van der Waals surface area contributed by atoms with Gasteiger partial charge in [0, 0.05) is 11.8 Å². The van der Waals surface area contributed by atoms with Crippen molar-refractivity contribution in [2.75, 3.05) is 11.9 Å². The van der Waals surface area contributed by atoms with Crippen LogP contribution in [-0.4, -0.2) is 12.5 Å². The molecule has 0 atom stereocenters. The molecular formula is C20H22FNO2. The van der Waals surface area contributed by atoms with Gasteiger partial charge in [0.15, 0.2) is 0 Å². The third-order valence-corrected chi connectivity index (χ3v) is 3.38. The lowest BCUT2D eigenvalue weighted by molar-refractivity contribution is -0.111. The second-order valence-corrected chi connectivity index (χ2v) is 5.93. The van der Waals surface area contributed by atoms with Crippen LogP contribution in [0.1, 0.15) is 25.8 Å². The van der Waals surface area contributed by atoms with Crippen LogP contribution in [0.3, 0.4) is 0 Å². The lowest BCUT2D eigenvalue weighted by Crippen LogP contribution is -2.07. The number of amides is 1. The van der Waals surface area contributed by atoms with Gasteiger partial charge in [-0.1, -0.05) is 26.0 Å². The van der Waals surface area contributed by atoms with Gasteiger partial charge in [0.2, 0.25) is 5.91 Å². The summed E-state index contributed by atoms with van der Waals surface area (Å²) in [6.45, 7) is 4.99. The maximum absolute atomic E-state index is 12.8. The van der Waals surface area contributed by atoms with Crippen LogP contribution in [-0.2, 0) is 4.79 Å². The van der Waals surface area contributed by atoms with Crippen molar-refractivity contribution in [3.63, 3.8) is 0 Å². The molecule has 2 aromatic rings. The minimum absolute atomic E-state index is 0.243. The van der Waals surface area contributed by atoms with Crippen molar-refractivity contribution >= 4 is 17.7 Å². The SMILES string of the molecule is CC(C)CCOc1ccc(NC(=O)C=Cc2ccc(F)cc2)cc1. The van der Waals surface area contributed by atoms with E-state index in [0.717, 1.165) is 17.7 Å². The van der Waals surface area contributed by atoms with Gasteiger partial charge in [-0.15, -0.1) is 0 Å². The Balaban J connectivity index is 1.84. The summed E-state index contributed by atoms with van der Waals surface area (Å²) in [5, 5.41) is 2.77. The predicted molar refractivity (Wildman–Crippen MR) is 95.5 cm³/mol. The van der Waals surface area contributed by atoms with Gasteiger partial charge in [0.1, 0.15) is 11.6 Å². The number of hydrogen-bond acceptors (Lipinski definition) is 2. The molecular weight excluding hydrogens is 305 g/mol. The summed E-state index contributed by atoms with van der Waals surface area (Å²) in [7, 11) is 0. The van der Waals surface area contributed by atoms with Gasteiger partial charge in [-0.05, 0) is 60.4 Å². The average Bonchev–Trinajstić information content (AvgIpc) is 2.56. The molecule has 0 fully saturated rings. The van der Waals surface area contributed by atoms with Crippen molar-refractivity contribution in [2.45, 2.75) is 20.3 Å². The third kappa shape index (κ3) is 6.24. The van der Waals surface area contributed by atoms with E-state index in [9.17, 15) is 9.18 Å². The number of ether oxygens (including phenoxy) is 1. The standard InChI is InChI=1S/C20H22FNO2/c1-15(2)13-14-24-19-10-8-18(9-11-19)22-20(23)12-5-16-3-6-17(21)7-4-16/h3-12,15H,13-14H2,1-2H3,(H,22,23). The fourth-order valence-electron chi connectivity index (χ4n) is 1.98. The Morgan fingerprint density at radius 1 is 1.12 bits per heavy atom. The number of carbonyl (C=O) groups excluding carboxylic acids is 1. The molecule has 24 heavy (non-hydrogen) atoms. The monoisotopic (exact) mass is 327 g/mol. The molecule has 0 aliphatic rings. The quantitative estimate of drug-likeness (QED) is 0.734. The Hall–Kier alpha value is -2.62. The minimum Gasteiger partial charge on any atom is -0.494 e. The van der Waals surface area contributed by atoms with E-state index in [2.05, 4.69) is 19.2 Å². The van der Waals surface area contributed by atoms with Gasteiger partial charge in [-0.2, -0.15) is 0 Å². The van der Waals surface area contributed by atoms with E-state index < -0.39 is 0 Å². The number of anilines is 1. The largest absolute Gasteiger partial charge is 0.494 e. The maximum Gasteiger partial charge on any atom is 0.248 e. The van der Waals surface area contributed by atoms with E-state index in [-0.39, 0.29) is 11.7 Å². The molecule has 0 unspecified atom stereocenters. The van der Waals surface area contributed by atoms with E-state index in [1.54, 1.807) is 30.3 Å². The predicted octanol–water partition coefficient (Wildman–Crippen LogP) is 4.90. The normalized spacial score (nSPS) is 11.0. The zero-order valence-electron chi connectivity index (χ0n) is 14.0. The number of nitrogens with one attached hydrogen (secondary N) is 1. The molecule has 3 nitrogen and oxygen atoms in total. The molecule has 1 amide bonds. The van der Waals surface area contributed by atoms with E-state index in [4.69, 9.17) is 4.74 Å². The first kappa shape index (κ1) is 17.7. The van der Waals surface area contributed by atoms with Crippen LogP contribution < -0.4 is 10.1 Å². The summed E-state index contributed by atoms with van der Waals surface area (Å²) in [6.07, 6.45) is 4.06. The van der Waals surface area contributed by atoms with Crippen LogP contribution in [0.4, 0.5) is 10.1 Å². The first-order chi connectivity index (χ1) is 11.5. The Labute approximate surface area is 142 Å². The molecule has 0 radical (unpaired) electrons. The highest BCUT2D eigenvalue weighted by Gasteiger charge is 2.00. The zero-order chi connectivity index (χ0) is 17.4. The molecule has 2 aromatic carbocycles. The van der Waals surface area contributed by atoms with E-state index in [0.29, 0.717) is 18.2 Å². The highest BCUT2D eigenvalue weighted by molar-refractivity contribution is 6.01. The first-order valence-electron chi connectivity index (χ1n) is 8.00. The van der Waals surface area contributed by atoms with Crippen LogP contribution in [0.5, 0.6) is 5.75 Å². The molecule has 0 heterocycles. The van der Waals surface area contributed by atoms with Gasteiger partial charge in [0.25, 0.3) is 0 Å². The third-order valence-electron chi connectivity index (χ3n) is 3.38. The summed E-state index contributed by atoms with van der Waals surface area (Å²) in [4.78, 5) is 11.9. The maximum atomic E-state index is 12.8. The zero-order valence-corrected chi connectivity index (χ0v) is 14.0. The topological polar surface area (TPSA) is 38.3 Å². The lowest BCUT2D eigenvalue weighted by atomic mass is 10.1. The minimum atomic E-state index is -0.299. The fraction of sp³-hybridized carbons (Fsp3) is 0.250. The molecule has 0 aliphatic carbocycles. The van der Waals surface area contributed by atoms with Crippen molar-refractivity contribution in [3.05, 3.63) is 66.0 Å². The highest BCUT2D eigenvalue weighted by Crippen LogP contribution is 2.16. The number of hydrogen-bond donors (Lipinski definition) is 1. The Morgan fingerprint density at radius 2 is 1.79 bits per heavy atom. The van der Waals surface area contributed by atoms with Gasteiger partial charge in [0.05, 0.1) is 6.61 Å². The van der Waals surface area contributed by atoms with E-state index >= 15 is 0 Å². The number of halogens is 1. The summed E-state index contributed by atoms with van der Waals surface area (Å²) >= 11 is 0. The van der Waals surface area contributed by atoms with Crippen molar-refractivity contribution in [1.29, 1.82) is 0 Å². The van der Waals surface area contributed by atoms with Crippen LogP contribution in [0.25, 0.3) is 6.08 Å². The average molecular weight is 327 g/mol. The molecule has 2 rings (SSSR count). The van der Waals surface area contributed by atoms with Gasteiger partial charge in [-0.25, -0.2) is 4.39 Å². The lowest BCUT2D eigenvalue weighted by Gasteiger charge is -2.09. The van der Waals surface area contributed by atoms with Crippen LogP contribution in [0.15, 0.2) is 54.6 Å². The van der Waals surface area contributed by atoms with E-state index in [1.165, 1.54) is 18.2 Å². The van der Waals surface area contributed by atoms with E-state index in [1.807, 2.05) is 12.1 Å². The smallest absolute Gasteiger partial charge is 0.248 e. The van der Waals surface area contributed by atoms with Crippen LogP contribution in [0, 0.1) is 11.7 Å². The van der Waals surface area contributed by atoms with Gasteiger partial charge < -0.3 is 10.1 Å². The van der Waals surface area contributed by atoms with Crippen LogP contribution in [0.2, 0.25) is 0 Å². The van der Waals surface area contributed by atoms with Crippen molar-refractivity contribution in [3.8, 4) is 5.75 Å². The molecule has 0 aliphatic heterocycles. The Bertz CT molecular complexity index is 676. The molecule has 0 aromatic heterocycles. The highest BCUT2D eigenvalue weighted by atomic mass is 19.1. The number of rotatable bonds is 7.